The van der Waals surface area contributed by atoms with Gasteiger partial charge in [-0.05, 0) is 19.8 Å². The molecule has 0 saturated carbocycles. The molecule has 0 aromatic carbocycles. The molecule has 2 unspecified atom stereocenters. The third-order valence-electron chi connectivity index (χ3n) is 2.65. The van der Waals surface area contributed by atoms with Gasteiger partial charge in [0.05, 0.1) is 6.10 Å². The normalized spacial score (nSPS) is 22.5. The first-order valence-corrected chi connectivity index (χ1v) is 5.29. The van der Waals surface area contributed by atoms with Gasteiger partial charge < -0.3 is 10.8 Å². The minimum Gasteiger partial charge on any atom is -0.392 e. The highest BCUT2D eigenvalue weighted by atomic mass is 16.3. The van der Waals surface area contributed by atoms with Gasteiger partial charge in [-0.3, -0.25) is 14.5 Å². The van der Waals surface area contributed by atoms with Crippen LogP contribution in [0.3, 0.4) is 0 Å². The van der Waals surface area contributed by atoms with Crippen LogP contribution in [0.2, 0.25) is 0 Å². The van der Waals surface area contributed by atoms with Crippen LogP contribution in [0.4, 0.5) is 0 Å². The Morgan fingerprint density at radius 1 is 1.33 bits per heavy atom. The summed E-state index contributed by atoms with van der Waals surface area (Å²) < 4.78 is 0. The molecule has 0 aromatic rings. The third-order valence-corrected chi connectivity index (χ3v) is 2.65. The topological polar surface area (TPSA) is 83.6 Å². The highest BCUT2D eigenvalue weighted by Crippen LogP contribution is 2.13. The van der Waals surface area contributed by atoms with Gasteiger partial charge in [-0.25, -0.2) is 0 Å². The van der Waals surface area contributed by atoms with Crippen molar-refractivity contribution in [2.45, 2.75) is 44.8 Å². The molecule has 2 atom stereocenters. The molecule has 0 aliphatic carbocycles. The maximum absolute atomic E-state index is 11.6. The molecule has 0 aromatic heterocycles. The summed E-state index contributed by atoms with van der Waals surface area (Å²) in [4.78, 5) is 24.3. The van der Waals surface area contributed by atoms with Gasteiger partial charge in [0.1, 0.15) is 0 Å². The molecule has 15 heavy (non-hydrogen) atoms. The van der Waals surface area contributed by atoms with Crippen LogP contribution < -0.4 is 5.73 Å². The van der Waals surface area contributed by atoms with Crippen molar-refractivity contribution in [3.63, 3.8) is 0 Å². The minimum absolute atomic E-state index is 0.120. The highest BCUT2D eigenvalue weighted by molar-refractivity contribution is 5.96. The number of carbonyl (C=O) groups is 2. The number of rotatable bonds is 3. The summed E-state index contributed by atoms with van der Waals surface area (Å²) in [7, 11) is 0. The van der Waals surface area contributed by atoms with E-state index in [1.807, 2.05) is 0 Å². The summed E-state index contributed by atoms with van der Waals surface area (Å²) in [5.41, 5.74) is 5.63. The quantitative estimate of drug-likeness (QED) is 0.627. The van der Waals surface area contributed by atoms with Crippen LogP contribution in [-0.2, 0) is 9.59 Å². The summed E-state index contributed by atoms with van der Waals surface area (Å²) in [6.07, 6.45) is 1.60. The summed E-state index contributed by atoms with van der Waals surface area (Å²) in [5, 5.41) is 9.22. The van der Waals surface area contributed by atoms with Crippen LogP contribution in [0, 0.1) is 0 Å². The molecule has 1 rings (SSSR count). The Morgan fingerprint density at radius 2 is 1.80 bits per heavy atom. The third kappa shape index (κ3) is 3.28. The number of carbonyl (C=O) groups excluding carboxylic acids is 2. The van der Waals surface area contributed by atoms with Crippen LogP contribution in [0.15, 0.2) is 0 Å². The van der Waals surface area contributed by atoms with Crippen molar-refractivity contribution in [3.8, 4) is 0 Å². The molecule has 3 N–H and O–H groups in total. The van der Waals surface area contributed by atoms with Crippen LogP contribution >= 0.6 is 0 Å². The monoisotopic (exact) mass is 214 g/mol. The number of hydrogen-bond acceptors (Lipinski definition) is 4. The fraction of sp³-hybridized carbons (Fsp3) is 0.800. The number of nitrogens with zero attached hydrogens (tertiary/aromatic N) is 1. The molecular weight excluding hydrogens is 196 g/mol. The fourth-order valence-electron chi connectivity index (χ4n) is 1.53. The average molecular weight is 214 g/mol. The van der Waals surface area contributed by atoms with Gasteiger partial charge in [-0.2, -0.15) is 0 Å². The summed E-state index contributed by atoms with van der Waals surface area (Å²) in [6, 6.07) is -0.559. The van der Waals surface area contributed by atoms with Crippen molar-refractivity contribution in [3.05, 3.63) is 0 Å². The van der Waals surface area contributed by atoms with E-state index in [9.17, 15) is 14.7 Å². The van der Waals surface area contributed by atoms with Crippen molar-refractivity contribution in [2.75, 3.05) is 6.54 Å². The van der Waals surface area contributed by atoms with Gasteiger partial charge in [0.15, 0.2) is 0 Å². The van der Waals surface area contributed by atoms with Gasteiger partial charge >= 0.3 is 0 Å². The summed E-state index contributed by atoms with van der Waals surface area (Å²) in [5.74, 6) is -0.345. The van der Waals surface area contributed by atoms with Crippen molar-refractivity contribution in [2.24, 2.45) is 5.73 Å². The van der Waals surface area contributed by atoms with Gasteiger partial charge in [-0.1, -0.05) is 0 Å². The van der Waals surface area contributed by atoms with E-state index in [0.717, 1.165) is 12.8 Å². The predicted molar refractivity (Wildman–Crippen MR) is 54.8 cm³/mol. The van der Waals surface area contributed by atoms with Crippen molar-refractivity contribution >= 4 is 11.8 Å². The van der Waals surface area contributed by atoms with Crippen LogP contribution in [0.5, 0.6) is 0 Å². The van der Waals surface area contributed by atoms with E-state index in [2.05, 4.69) is 0 Å². The zero-order valence-electron chi connectivity index (χ0n) is 8.98. The minimum atomic E-state index is -0.714. The number of likely N-dealkylation sites (tertiary alicyclic amines) is 1. The average Bonchev–Trinajstić information content (AvgIpc) is 2.32. The van der Waals surface area contributed by atoms with Crippen LogP contribution in [0.25, 0.3) is 0 Å². The lowest BCUT2D eigenvalue weighted by molar-refractivity contribution is -0.144. The van der Waals surface area contributed by atoms with E-state index < -0.39 is 12.1 Å². The molecule has 1 heterocycles. The van der Waals surface area contributed by atoms with Crippen molar-refractivity contribution < 1.29 is 14.7 Å². The Balaban J connectivity index is 2.63. The van der Waals surface area contributed by atoms with Gasteiger partial charge in [0.2, 0.25) is 11.8 Å². The van der Waals surface area contributed by atoms with Crippen LogP contribution in [-0.4, -0.2) is 40.5 Å². The molecule has 1 aliphatic rings. The SMILES string of the molecule is CC(O)C(N)CN1C(=O)CCCCC1=O. The second kappa shape index (κ2) is 5.23. The van der Waals surface area contributed by atoms with Gasteiger partial charge in [0.25, 0.3) is 0 Å². The standard InChI is InChI=1S/C10H18N2O3/c1-7(13)8(11)6-12-9(14)4-2-3-5-10(12)15/h7-8,13H,2-6,11H2,1H3. The molecular formula is C10H18N2O3. The van der Waals surface area contributed by atoms with E-state index in [1.165, 1.54) is 4.90 Å². The Hall–Kier alpha value is -0.940. The molecule has 0 radical (unpaired) electrons. The Bertz CT molecular complexity index is 235. The van der Waals surface area contributed by atoms with E-state index in [1.54, 1.807) is 6.92 Å². The maximum Gasteiger partial charge on any atom is 0.229 e. The number of amides is 2. The Morgan fingerprint density at radius 3 is 2.20 bits per heavy atom. The molecule has 1 fully saturated rings. The lowest BCUT2D eigenvalue weighted by atomic mass is 10.2. The number of aliphatic hydroxyl groups is 1. The van der Waals surface area contributed by atoms with Crippen LogP contribution in [0.1, 0.15) is 32.6 Å². The lowest BCUT2D eigenvalue weighted by Gasteiger charge is -2.24. The first-order chi connectivity index (χ1) is 7.02. The molecule has 5 nitrogen and oxygen atoms in total. The molecule has 2 amide bonds. The molecule has 1 saturated heterocycles. The number of aliphatic hydroxyl groups excluding tert-OH is 1. The van der Waals surface area contributed by atoms with E-state index in [-0.39, 0.29) is 18.4 Å². The number of nitrogens with two attached hydrogens (primary N) is 1. The van der Waals surface area contributed by atoms with E-state index >= 15 is 0 Å². The first kappa shape index (κ1) is 12.1. The molecule has 0 bridgehead atoms. The van der Waals surface area contributed by atoms with E-state index in [0.29, 0.717) is 12.8 Å². The molecule has 86 valence electrons. The smallest absolute Gasteiger partial charge is 0.229 e. The van der Waals surface area contributed by atoms with Crippen molar-refractivity contribution in [1.82, 2.24) is 4.90 Å². The Kier molecular flexibility index (Phi) is 4.23. The molecule has 5 heteroatoms. The largest absolute Gasteiger partial charge is 0.392 e. The van der Waals surface area contributed by atoms with Gasteiger partial charge in [0, 0.05) is 25.4 Å². The maximum atomic E-state index is 11.6. The molecule has 0 spiro atoms. The second-order valence-electron chi connectivity index (χ2n) is 4.01. The summed E-state index contributed by atoms with van der Waals surface area (Å²) in [6.45, 7) is 1.67. The van der Waals surface area contributed by atoms with Crippen molar-refractivity contribution in [1.29, 1.82) is 0 Å². The molecule has 1 aliphatic heterocycles. The van der Waals surface area contributed by atoms with E-state index in [4.69, 9.17) is 5.73 Å². The lowest BCUT2D eigenvalue weighted by Crippen LogP contribution is -2.48. The zero-order valence-corrected chi connectivity index (χ0v) is 8.98. The highest BCUT2D eigenvalue weighted by Gasteiger charge is 2.26. The zero-order chi connectivity index (χ0) is 11.4. The number of hydrogen-bond donors (Lipinski definition) is 2. The Labute approximate surface area is 89.2 Å². The predicted octanol–water partition coefficient (Wildman–Crippen LogP) is -0.376. The fourth-order valence-corrected chi connectivity index (χ4v) is 1.53. The summed E-state index contributed by atoms with van der Waals surface area (Å²) >= 11 is 0. The first-order valence-electron chi connectivity index (χ1n) is 5.29. The second-order valence-corrected chi connectivity index (χ2v) is 4.01. The van der Waals surface area contributed by atoms with Gasteiger partial charge in [-0.15, -0.1) is 0 Å². The number of imide groups is 1.